The summed E-state index contributed by atoms with van der Waals surface area (Å²) in [5.41, 5.74) is 5.73. The number of nitrogens with two attached hydrogens (primary N) is 1. The van der Waals surface area contributed by atoms with Gasteiger partial charge in [0.05, 0.1) is 0 Å². The van der Waals surface area contributed by atoms with Crippen LogP contribution in [0.5, 0.6) is 0 Å². The van der Waals surface area contributed by atoms with Crippen LogP contribution in [0.3, 0.4) is 0 Å². The minimum Gasteiger partial charge on any atom is -0.355 e. The topological polar surface area (TPSA) is 58.4 Å². The average molecular weight is 171 g/mol. The Morgan fingerprint density at radius 3 is 3.00 bits per heavy atom. The van der Waals surface area contributed by atoms with Gasteiger partial charge in [-0.1, -0.05) is 0 Å². The first-order chi connectivity index (χ1) is 5.68. The molecule has 1 rings (SSSR count). The van der Waals surface area contributed by atoms with Crippen molar-refractivity contribution in [2.24, 2.45) is 5.73 Å². The smallest absolute Gasteiger partial charge is 0.216 e. The molecule has 1 amide bonds. The fourth-order valence-electron chi connectivity index (χ4n) is 1.46. The maximum absolute atomic E-state index is 10.5. The lowest BCUT2D eigenvalue weighted by atomic mass is 10.3. The Hall–Kier alpha value is -0.610. The highest BCUT2D eigenvalue weighted by Crippen LogP contribution is 2.04. The van der Waals surface area contributed by atoms with E-state index in [2.05, 4.69) is 10.2 Å². The van der Waals surface area contributed by atoms with E-state index in [-0.39, 0.29) is 5.91 Å². The van der Waals surface area contributed by atoms with Gasteiger partial charge in [-0.3, -0.25) is 9.69 Å². The molecule has 1 aliphatic heterocycles. The summed E-state index contributed by atoms with van der Waals surface area (Å²) in [7, 11) is 0. The molecular formula is C8H17N3O. The maximum Gasteiger partial charge on any atom is 0.216 e. The van der Waals surface area contributed by atoms with E-state index in [0.717, 1.165) is 32.6 Å². The number of amides is 1. The standard InChI is InChI=1S/C8H17N3O/c1-7(12)10-3-5-11-4-2-8(9)6-11/h8H,2-6,9H2,1H3,(H,10,12). The molecule has 0 aromatic heterocycles. The highest BCUT2D eigenvalue weighted by molar-refractivity contribution is 5.72. The van der Waals surface area contributed by atoms with Gasteiger partial charge in [0.2, 0.25) is 5.91 Å². The largest absolute Gasteiger partial charge is 0.355 e. The first kappa shape index (κ1) is 9.48. The number of hydrogen-bond acceptors (Lipinski definition) is 3. The minimum atomic E-state index is 0.0403. The van der Waals surface area contributed by atoms with Crippen LogP contribution in [0.4, 0.5) is 0 Å². The summed E-state index contributed by atoms with van der Waals surface area (Å²) >= 11 is 0. The fourth-order valence-corrected chi connectivity index (χ4v) is 1.46. The van der Waals surface area contributed by atoms with Crippen molar-refractivity contribution in [2.45, 2.75) is 19.4 Å². The Labute approximate surface area is 73.1 Å². The van der Waals surface area contributed by atoms with Crippen molar-refractivity contribution in [1.82, 2.24) is 10.2 Å². The molecule has 1 fully saturated rings. The number of nitrogens with zero attached hydrogens (tertiary/aromatic N) is 1. The second-order valence-corrected chi connectivity index (χ2v) is 3.33. The molecule has 0 spiro atoms. The van der Waals surface area contributed by atoms with Crippen molar-refractivity contribution in [3.63, 3.8) is 0 Å². The van der Waals surface area contributed by atoms with E-state index in [1.807, 2.05) is 0 Å². The van der Waals surface area contributed by atoms with Gasteiger partial charge in [-0.15, -0.1) is 0 Å². The number of hydrogen-bond donors (Lipinski definition) is 2. The second kappa shape index (κ2) is 4.42. The van der Waals surface area contributed by atoms with E-state index >= 15 is 0 Å². The third-order valence-electron chi connectivity index (χ3n) is 2.11. The van der Waals surface area contributed by atoms with Crippen LogP contribution >= 0.6 is 0 Å². The molecule has 4 nitrogen and oxygen atoms in total. The summed E-state index contributed by atoms with van der Waals surface area (Å²) in [5, 5.41) is 2.77. The molecule has 1 atom stereocenters. The van der Waals surface area contributed by atoms with Crippen molar-refractivity contribution in [2.75, 3.05) is 26.2 Å². The molecule has 70 valence electrons. The Kier molecular flexibility index (Phi) is 3.49. The molecule has 1 aliphatic rings. The van der Waals surface area contributed by atoms with Gasteiger partial charge >= 0.3 is 0 Å². The van der Waals surface area contributed by atoms with Crippen LogP contribution in [0.1, 0.15) is 13.3 Å². The number of carbonyl (C=O) groups is 1. The van der Waals surface area contributed by atoms with Gasteiger partial charge in [0, 0.05) is 32.6 Å². The second-order valence-electron chi connectivity index (χ2n) is 3.33. The van der Waals surface area contributed by atoms with Crippen LogP contribution in [-0.2, 0) is 4.79 Å². The van der Waals surface area contributed by atoms with Gasteiger partial charge in [0.15, 0.2) is 0 Å². The van der Waals surface area contributed by atoms with Crippen LogP contribution in [0, 0.1) is 0 Å². The summed E-state index contributed by atoms with van der Waals surface area (Å²) in [5.74, 6) is 0.0403. The van der Waals surface area contributed by atoms with Crippen LogP contribution < -0.4 is 11.1 Å². The molecule has 1 unspecified atom stereocenters. The summed E-state index contributed by atoms with van der Waals surface area (Å²) in [4.78, 5) is 12.8. The zero-order chi connectivity index (χ0) is 8.97. The van der Waals surface area contributed by atoms with Crippen LogP contribution in [0.15, 0.2) is 0 Å². The monoisotopic (exact) mass is 171 g/mol. The van der Waals surface area contributed by atoms with Crippen molar-refractivity contribution in [3.05, 3.63) is 0 Å². The van der Waals surface area contributed by atoms with Crippen molar-refractivity contribution in [3.8, 4) is 0 Å². The lowest BCUT2D eigenvalue weighted by Gasteiger charge is -2.14. The normalized spacial score (nSPS) is 24.3. The van der Waals surface area contributed by atoms with Crippen molar-refractivity contribution in [1.29, 1.82) is 0 Å². The van der Waals surface area contributed by atoms with Crippen molar-refractivity contribution < 1.29 is 4.79 Å². The zero-order valence-corrected chi connectivity index (χ0v) is 7.55. The van der Waals surface area contributed by atoms with E-state index in [1.165, 1.54) is 6.92 Å². The van der Waals surface area contributed by atoms with Crippen molar-refractivity contribution >= 4 is 5.91 Å². The molecule has 0 saturated carbocycles. The Balaban J connectivity index is 2.04. The zero-order valence-electron chi connectivity index (χ0n) is 7.55. The first-order valence-electron chi connectivity index (χ1n) is 4.41. The Bertz CT molecular complexity index is 160. The van der Waals surface area contributed by atoms with E-state index < -0.39 is 0 Å². The molecule has 0 aromatic carbocycles. The SMILES string of the molecule is CC(=O)NCCN1CCC(N)C1. The molecule has 0 radical (unpaired) electrons. The number of likely N-dealkylation sites (tertiary alicyclic amines) is 1. The van der Waals surface area contributed by atoms with E-state index in [1.54, 1.807) is 0 Å². The third kappa shape index (κ3) is 3.19. The van der Waals surface area contributed by atoms with E-state index in [4.69, 9.17) is 5.73 Å². The fraction of sp³-hybridized carbons (Fsp3) is 0.875. The van der Waals surface area contributed by atoms with Gasteiger partial charge < -0.3 is 11.1 Å². The molecule has 0 aromatic rings. The molecule has 4 heteroatoms. The lowest BCUT2D eigenvalue weighted by molar-refractivity contribution is -0.119. The third-order valence-corrected chi connectivity index (χ3v) is 2.11. The molecule has 1 saturated heterocycles. The maximum atomic E-state index is 10.5. The summed E-state index contributed by atoms with van der Waals surface area (Å²) in [6.45, 7) is 5.24. The quantitative estimate of drug-likeness (QED) is 0.582. The van der Waals surface area contributed by atoms with E-state index in [0.29, 0.717) is 6.04 Å². The Morgan fingerprint density at radius 1 is 1.75 bits per heavy atom. The predicted molar refractivity (Wildman–Crippen MR) is 47.7 cm³/mol. The average Bonchev–Trinajstić information content (AvgIpc) is 2.35. The predicted octanol–water partition coefficient (Wildman–Crippen LogP) is -0.844. The highest BCUT2D eigenvalue weighted by atomic mass is 16.1. The molecule has 0 aliphatic carbocycles. The highest BCUT2D eigenvalue weighted by Gasteiger charge is 2.17. The van der Waals surface area contributed by atoms with Crippen LogP contribution in [-0.4, -0.2) is 43.0 Å². The van der Waals surface area contributed by atoms with Gasteiger partial charge in [0.1, 0.15) is 0 Å². The van der Waals surface area contributed by atoms with Gasteiger partial charge in [-0.25, -0.2) is 0 Å². The van der Waals surface area contributed by atoms with Gasteiger partial charge in [-0.2, -0.15) is 0 Å². The van der Waals surface area contributed by atoms with Crippen LogP contribution in [0.25, 0.3) is 0 Å². The first-order valence-corrected chi connectivity index (χ1v) is 4.41. The molecule has 0 bridgehead atoms. The molecule has 3 N–H and O–H groups in total. The summed E-state index contributed by atoms with van der Waals surface area (Å²) < 4.78 is 0. The summed E-state index contributed by atoms with van der Waals surface area (Å²) in [6.07, 6.45) is 1.08. The number of carbonyl (C=O) groups excluding carboxylic acids is 1. The molecule has 12 heavy (non-hydrogen) atoms. The minimum absolute atomic E-state index is 0.0403. The van der Waals surface area contributed by atoms with Gasteiger partial charge in [-0.05, 0) is 13.0 Å². The lowest BCUT2D eigenvalue weighted by Crippen LogP contribution is -2.34. The molecular weight excluding hydrogens is 154 g/mol. The van der Waals surface area contributed by atoms with E-state index in [9.17, 15) is 4.79 Å². The van der Waals surface area contributed by atoms with Gasteiger partial charge in [0.25, 0.3) is 0 Å². The Morgan fingerprint density at radius 2 is 2.50 bits per heavy atom. The number of nitrogens with one attached hydrogen (secondary N) is 1. The van der Waals surface area contributed by atoms with Crippen LogP contribution in [0.2, 0.25) is 0 Å². The summed E-state index contributed by atoms with van der Waals surface area (Å²) in [6, 6.07) is 0.335. The molecule has 1 heterocycles. The number of rotatable bonds is 3.